The average molecular weight is 373 g/mol. The molecule has 0 aliphatic rings. The lowest BCUT2D eigenvalue weighted by Gasteiger charge is -2.16. The maximum absolute atomic E-state index is 13.9. The number of halogens is 1. The molecule has 0 N–H and O–H groups in total. The van der Waals surface area contributed by atoms with Crippen LogP contribution in [0.2, 0.25) is 0 Å². The Morgan fingerprint density at radius 3 is 2.36 bits per heavy atom. The van der Waals surface area contributed by atoms with Crippen molar-refractivity contribution in [3.8, 4) is 11.4 Å². The fourth-order valence-electron chi connectivity index (χ4n) is 3.68. The Hall–Kier alpha value is -3.07. The van der Waals surface area contributed by atoms with Crippen molar-refractivity contribution < 1.29 is 9.13 Å². The highest BCUT2D eigenvalue weighted by Crippen LogP contribution is 2.40. The Bertz CT molecular complexity index is 1110. The van der Waals surface area contributed by atoms with Gasteiger partial charge in [-0.1, -0.05) is 56.3 Å². The highest BCUT2D eigenvalue weighted by molar-refractivity contribution is 5.90. The molecular formula is C25H24FNO. The largest absolute Gasteiger partial charge is 0.486 e. The second kappa shape index (κ2) is 7.51. The summed E-state index contributed by atoms with van der Waals surface area (Å²) in [6.07, 6.45) is 0. The monoisotopic (exact) mass is 373 g/mol. The standard InChI is InChI=1S/C25H24FNO/c1-17(2)24-25(28-16-19-9-5-4-6-10-19)21-11-7-8-12-23(21)27(24)20-13-14-22(26)18(3)15-20/h4-15,17H,16H2,1-3H3. The van der Waals surface area contributed by atoms with Crippen molar-refractivity contribution in [3.63, 3.8) is 0 Å². The average Bonchev–Trinajstić information content (AvgIpc) is 3.04. The number of rotatable bonds is 5. The van der Waals surface area contributed by atoms with Gasteiger partial charge in [-0.15, -0.1) is 0 Å². The van der Waals surface area contributed by atoms with Crippen LogP contribution in [0.25, 0.3) is 16.6 Å². The zero-order chi connectivity index (χ0) is 19.7. The smallest absolute Gasteiger partial charge is 0.149 e. The Balaban J connectivity index is 1.89. The summed E-state index contributed by atoms with van der Waals surface area (Å²) < 4.78 is 22.4. The third kappa shape index (κ3) is 3.29. The molecule has 0 saturated heterocycles. The van der Waals surface area contributed by atoms with Gasteiger partial charge in [-0.05, 0) is 54.3 Å². The lowest BCUT2D eigenvalue weighted by molar-refractivity contribution is 0.304. The van der Waals surface area contributed by atoms with E-state index in [1.807, 2.05) is 42.5 Å². The van der Waals surface area contributed by atoms with Crippen LogP contribution in [0.1, 0.15) is 36.6 Å². The maximum Gasteiger partial charge on any atom is 0.149 e. The molecule has 4 rings (SSSR count). The minimum Gasteiger partial charge on any atom is -0.486 e. The number of aromatic nitrogens is 1. The van der Waals surface area contributed by atoms with Gasteiger partial charge in [0, 0.05) is 11.1 Å². The van der Waals surface area contributed by atoms with Crippen molar-refractivity contribution in [1.82, 2.24) is 4.57 Å². The molecule has 0 bridgehead atoms. The molecule has 0 fully saturated rings. The summed E-state index contributed by atoms with van der Waals surface area (Å²) in [5, 5.41) is 1.07. The van der Waals surface area contributed by atoms with Crippen LogP contribution >= 0.6 is 0 Å². The number of nitrogens with zero attached hydrogens (tertiary/aromatic N) is 1. The van der Waals surface area contributed by atoms with Gasteiger partial charge in [0.25, 0.3) is 0 Å². The van der Waals surface area contributed by atoms with Gasteiger partial charge in [0.1, 0.15) is 18.2 Å². The van der Waals surface area contributed by atoms with Gasteiger partial charge in [0.15, 0.2) is 0 Å². The number of ether oxygens (including phenoxy) is 1. The van der Waals surface area contributed by atoms with Crippen molar-refractivity contribution in [2.75, 3.05) is 0 Å². The Kier molecular flexibility index (Phi) is 4.91. The van der Waals surface area contributed by atoms with Gasteiger partial charge in [0.2, 0.25) is 0 Å². The summed E-state index contributed by atoms with van der Waals surface area (Å²) in [7, 11) is 0. The van der Waals surface area contributed by atoms with Crippen molar-refractivity contribution in [1.29, 1.82) is 0 Å². The molecule has 0 saturated carbocycles. The van der Waals surface area contributed by atoms with Crippen LogP contribution in [0.5, 0.6) is 5.75 Å². The molecule has 0 radical (unpaired) electrons. The van der Waals surface area contributed by atoms with Crippen LogP contribution in [0, 0.1) is 12.7 Å². The molecule has 3 aromatic carbocycles. The summed E-state index contributed by atoms with van der Waals surface area (Å²) in [4.78, 5) is 0. The molecule has 2 nitrogen and oxygen atoms in total. The molecule has 1 aromatic heterocycles. The lowest BCUT2D eigenvalue weighted by Crippen LogP contribution is -2.05. The first-order chi connectivity index (χ1) is 13.6. The van der Waals surface area contributed by atoms with E-state index < -0.39 is 0 Å². The van der Waals surface area contributed by atoms with E-state index in [0.717, 1.165) is 33.6 Å². The van der Waals surface area contributed by atoms with Crippen LogP contribution in [0.15, 0.2) is 72.8 Å². The van der Waals surface area contributed by atoms with Crippen molar-refractivity contribution >= 4 is 10.9 Å². The first-order valence-electron chi connectivity index (χ1n) is 9.63. The van der Waals surface area contributed by atoms with E-state index in [2.05, 4.69) is 42.7 Å². The molecule has 1 heterocycles. The van der Waals surface area contributed by atoms with Gasteiger partial charge >= 0.3 is 0 Å². The number of aryl methyl sites for hydroxylation is 1. The van der Waals surface area contributed by atoms with Crippen LogP contribution in [-0.2, 0) is 6.61 Å². The van der Waals surface area contributed by atoms with Gasteiger partial charge < -0.3 is 9.30 Å². The van der Waals surface area contributed by atoms with Gasteiger partial charge in [-0.25, -0.2) is 4.39 Å². The van der Waals surface area contributed by atoms with Crippen molar-refractivity contribution in [3.05, 3.63) is 95.4 Å². The molecule has 142 valence electrons. The summed E-state index contributed by atoms with van der Waals surface area (Å²) in [6, 6.07) is 23.7. The predicted molar refractivity (Wildman–Crippen MR) is 113 cm³/mol. The minimum atomic E-state index is -0.188. The first-order valence-corrected chi connectivity index (χ1v) is 9.63. The molecule has 0 aliphatic carbocycles. The summed E-state index contributed by atoms with van der Waals surface area (Å²) in [6.45, 7) is 6.64. The fourth-order valence-corrected chi connectivity index (χ4v) is 3.68. The SMILES string of the molecule is Cc1cc(-n2c(C(C)C)c(OCc3ccccc3)c3ccccc32)ccc1F. The Labute approximate surface area is 165 Å². The number of fused-ring (bicyclic) bond motifs is 1. The van der Waals surface area contributed by atoms with E-state index in [1.54, 1.807) is 6.92 Å². The van der Waals surface area contributed by atoms with E-state index >= 15 is 0 Å². The Morgan fingerprint density at radius 1 is 0.929 bits per heavy atom. The molecular weight excluding hydrogens is 349 g/mol. The van der Waals surface area contributed by atoms with Crippen LogP contribution in [0.4, 0.5) is 4.39 Å². The molecule has 0 unspecified atom stereocenters. The quantitative estimate of drug-likeness (QED) is 0.376. The second-order valence-electron chi connectivity index (χ2n) is 7.43. The predicted octanol–water partition coefficient (Wildman–Crippen LogP) is 6.78. The van der Waals surface area contributed by atoms with E-state index in [4.69, 9.17) is 4.74 Å². The van der Waals surface area contributed by atoms with E-state index in [-0.39, 0.29) is 11.7 Å². The van der Waals surface area contributed by atoms with Crippen LogP contribution < -0.4 is 4.74 Å². The molecule has 0 amide bonds. The summed E-state index contributed by atoms with van der Waals surface area (Å²) in [5.41, 5.74) is 4.89. The van der Waals surface area contributed by atoms with E-state index in [9.17, 15) is 4.39 Å². The zero-order valence-corrected chi connectivity index (χ0v) is 16.4. The van der Waals surface area contributed by atoms with Gasteiger partial charge in [-0.3, -0.25) is 0 Å². The van der Waals surface area contributed by atoms with E-state index in [1.165, 1.54) is 6.07 Å². The highest BCUT2D eigenvalue weighted by Gasteiger charge is 2.22. The molecule has 0 spiro atoms. The number of benzene rings is 3. The second-order valence-corrected chi connectivity index (χ2v) is 7.43. The van der Waals surface area contributed by atoms with Crippen LogP contribution in [-0.4, -0.2) is 4.57 Å². The van der Waals surface area contributed by atoms with Crippen molar-refractivity contribution in [2.45, 2.75) is 33.3 Å². The van der Waals surface area contributed by atoms with Crippen LogP contribution in [0.3, 0.4) is 0 Å². The van der Waals surface area contributed by atoms with Crippen molar-refractivity contribution in [2.24, 2.45) is 0 Å². The fraction of sp³-hybridized carbons (Fsp3) is 0.200. The zero-order valence-electron chi connectivity index (χ0n) is 16.4. The van der Waals surface area contributed by atoms with Gasteiger partial charge in [0.05, 0.1) is 11.2 Å². The van der Waals surface area contributed by atoms with E-state index in [0.29, 0.717) is 12.2 Å². The lowest BCUT2D eigenvalue weighted by atomic mass is 10.1. The molecule has 28 heavy (non-hydrogen) atoms. The summed E-state index contributed by atoms with van der Waals surface area (Å²) >= 11 is 0. The number of hydrogen-bond donors (Lipinski definition) is 0. The molecule has 4 aromatic rings. The molecule has 3 heteroatoms. The molecule has 0 aliphatic heterocycles. The molecule has 0 atom stereocenters. The topological polar surface area (TPSA) is 14.2 Å². The highest BCUT2D eigenvalue weighted by atomic mass is 19.1. The number of para-hydroxylation sites is 1. The third-order valence-electron chi connectivity index (χ3n) is 5.04. The third-order valence-corrected chi connectivity index (χ3v) is 5.04. The minimum absolute atomic E-state index is 0.188. The normalized spacial score (nSPS) is 11.3. The maximum atomic E-state index is 13.9. The first kappa shape index (κ1) is 18.3. The van der Waals surface area contributed by atoms with Gasteiger partial charge in [-0.2, -0.15) is 0 Å². The Morgan fingerprint density at radius 2 is 1.64 bits per heavy atom. The number of hydrogen-bond acceptors (Lipinski definition) is 1. The summed E-state index contributed by atoms with van der Waals surface area (Å²) in [5.74, 6) is 0.951.